The summed E-state index contributed by atoms with van der Waals surface area (Å²) in [5.41, 5.74) is 5.35. The SMILES string of the molecule is CCC/C=C\CCCCCCCCOCC(COP(=O)(O)OCCN)OC(=O)CCCCCCCC/C=C\C/C=C\C/C=C\CCCCC. The minimum atomic E-state index is -4.28. The van der Waals surface area contributed by atoms with Crippen LogP contribution in [0.1, 0.15) is 162 Å². The fourth-order valence-corrected chi connectivity index (χ4v) is 5.83. The van der Waals surface area contributed by atoms with E-state index >= 15 is 0 Å². The number of allylic oxidation sites excluding steroid dienone is 8. The molecule has 0 spiro atoms. The van der Waals surface area contributed by atoms with Crippen LogP contribution in [0.2, 0.25) is 0 Å². The summed E-state index contributed by atoms with van der Waals surface area (Å²) in [6.07, 6.45) is 42.6. The molecular weight excluding hydrogens is 637 g/mol. The Labute approximate surface area is 301 Å². The lowest BCUT2D eigenvalue weighted by atomic mass is 10.1. The van der Waals surface area contributed by atoms with Crippen molar-refractivity contribution in [1.29, 1.82) is 0 Å². The van der Waals surface area contributed by atoms with Gasteiger partial charge in [-0.25, -0.2) is 4.57 Å². The van der Waals surface area contributed by atoms with Crippen LogP contribution in [0.25, 0.3) is 0 Å². The summed E-state index contributed by atoms with van der Waals surface area (Å²) < 4.78 is 33.3. The fraction of sp³-hybridized carbons (Fsp3) is 0.775. The molecule has 49 heavy (non-hydrogen) atoms. The second kappa shape index (κ2) is 37.7. The lowest BCUT2D eigenvalue weighted by Gasteiger charge is -2.20. The first-order valence-corrected chi connectivity index (χ1v) is 21.1. The average molecular weight is 712 g/mol. The molecule has 0 saturated carbocycles. The lowest BCUT2D eigenvalue weighted by molar-refractivity contribution is -0.154. The van der Waals surface area contributed by atoms with Gasteiger partial charge in [0.05, 0.1) is 19.8 Å². The van der Waals surface area contributed by atoms with Crippen LogP contribution in [0.15, 0.2) is 48.6 Å². The van der Waals surface area contributed by atoms with E-state index in [-0.39, 0.29) is 32.3 Å². The molecule has 0 aromatic rings. The lowest BCUT2D eigenvalue weighted by Crippen LogP contribution is -2.28. The number of unbranched alkanes of at least 4 members (excludes halogenated alkanes) is 16. The van der Waals surface area contributed by atoms with E-state index < -0.39 is 13.9 Å². The van der Waals surface area contributed by atoms with Crippen molar-refractivity contribution in [3.63, 3.8) is 0 Å². The molecule has 0 aliphatic rings. The standard InChI is InChI=1S/C40H74NO7P/c1-3-5-7-9-11-13-15-16-17-18-19-20-21-22-23-25-27-29-31-33-40(42)48-39(38-47-49(43,44)46-36-34-41)37-45-35-32-30-28-26-24-14-12-10-8-6-4-2/h8,10-11,13,16-17,19-20,39H,3-7,9,12,14-15,18,21-38,41H2,1-2H3,(H,43,44)/b10-8-,13-11-,17-16-,20-19-. The maximum atomic E-state index is 12.5. The zero-order chi connectivity index (χ0) is 35.9. The fourth-order valence-electron chi connectivity index (χ4n) is 5.06. The minimum absolute atomic E-state index is 0.0953. The predicted molar refractivity (Wildman–Crippen MR) is 206 cm³/mol. The zero-order valence-corrected chi connectivity index (χ0v) is 32.3. The van der Waals surface area contributed by atoms with Crippen LogP contribution in [-0.4, -0.2) is 49.9 Å². The molecule has 2 atom stereocenters. The largest absolute Gasteiger partial charge is 0.472 e. The van der Waals surface area contributed by atoms with Crippen molar-refractivity contribution in [3.05, 3.63) is 48.6 Å². The molecule has 2 unspecified atom stereocenters. The predicted octanol–water partition coefficient (Wildman–Crippen LogP) is 11.2. The van der Waals surface area contributed by atoms with E-state index in [1.807, 2.05) is 0 Å². The highest BCUT2D eigenvalue weighted by atomic mass is 31.2. The number of rotatable bonds is 37. The van der Waals surface area contributed by atoms with Gasteiger partial charge in [0.25, 0.3) is 0 Å². The molecule has 0 heterocycles. The molecule has 0 radical (unpaired) electrons. The summed E-state index contributed by atoms with van der Waals surface area (Å²) in [7, 11) is -4.28. The second-order valence-electron chi connectivity index (χ2n) is 12.8. The summed E-state index contributed by atoms with van der Waals surface area (Å²) in [6, 6.07) is 0. The molecule has 286 valence electrons. The van der Waals surface area contributed by atoms with Crippen molar-refractivity contribution in [2.75, 3.05) is 33.0 Å². The van der Waals surface area contributed by atoms with E-state index in [9.17, 15) is 14.3 Å². The van der Waals surface area contributed by atoms with Crippen molar-refractivity contribution < 1.29 is 32.8 Å². The van der Waals surface area contributed by atoms with Crippen LogP contribution in [0.5, 0.6) is 0 Å². The Hall–Kier alpha value is -1.54. The van der Waals surface area contributed by atoms with Crippen molar-refractivity contribution >= 4 is 13.8 Å². The van der Waals surface area contributed by atoms with Gasteiger partial charge in [-0.2, -0.15) is 0 Å². The van der Waals surface area contributed by atoms with Gasteiger partial charge >= 0.3 is 13.8 Å². The van der Waals surface area contributed by atoms with Crippen LogP contribution in [0.4, 0.5) is 0 Å². The van der Waals surface area contributed by atoms with E-state index in [0.717, 1.165) is 64.2 Å². The monoisotopic (exact) mass is 712 g/mol. The van der Waals surface area contributed by atoms with Crippen LogP contribution >= 0.6 is 7.82 Å². The van der Waals surface area contributed by atoms with Crippen molar-refractivity contribution in [2.24, 2.45) is 5.73 Å². The van der Waals surface area contributed by atoms with E-state index in [0.29, 0.717) is 13.0 Å². The van der Waals surface area contributed by atoms with Crippen molar-refractivity contribution in [1.82, 2.24) is 0 Å². The summed E-state index contributed by atoms with van der Waals surface area (Å²) in [4.78, 5) is 22.4. The molecule has 0 saturated heterocycles. The van der Waals surface area contributed by atoms with Gasteiger partial charge in [-0.05, 0) is 70.6 Å². The van der Waals surface area contributed by atoms with Crippen molar-refractivity contribution in [3.8, 4) is 0 Å². The smallest absolute Gasteiger partial charge is 0.457 e. The summed E-state index contributed by atoms with van der Waals surface area (Å²) >= 11 is 0. The van der Waals surface area contributed by atoms with E-state index in [1.165, 1.54) is 77.0 Å². The van der Waals surface area contributed by atoms with Gasteiger partial charge in [-0.1, -0.05) is 133 Å². The molecule has 8 nitrogen and oxygen atoms in total. The molecule has 0 rings (SSSR count). The molecule has 0 bridgehead atoms. The Balaban J connectivity index is 4.09. The molecule has 0 aliphatic carbocycles. The Bertz CT molecular complexity index is 890. The van der Waals surface area contributed by atoms with Gasteiger partial charge < -0.3 is 20.1 Å². The third-order valence-electron chi connectivity index (χ3n) is 7.95. The molecule has 0 aliphatic heterocycles. The molecule has 0 aromatic heterocycles. The topological polar surface area (TPSA) is 117 Å². The van der Waals surface area contributed by atoms with Crippen LogP contribution in [-0.2, 0) is 27.9 Å². The molecule has 0 amide bonds. The number of hydrogen-bond acceptors (Lipinski definition) is 7. The van der Waals surface area contributed by atoms with Gasteiger partial charge in [0.15, 0.2) is 0 Å². The number of phosphoric ester groups is 1. The van der Waals surface area contributed by atoms with Gasteiger partial charge in [-0.15, -0.1) is 0 Å². The highest BCUT2D eigenvalue weighted by Crippen LogP contribution is 2.43. The Morgan fingerprint density at radius 1 is 0.612 bits per heavy atom. The third kappa shape index (κ3) is 37.5. The Morgan fingerprint density at radius 3 is 1.71 bits per heavy atom. The van der Waals surface area contributed by atoms with Crippen LogP contribution in [0, 0.1) is 0 Å². The van der Waals surface area contributed by atoms with Crippen LogP contribution < -0.4 is 5.73 Å². The first kappa shape index (κ1) is 47.5. The summed E-state index contributed by atoms with van der Waals surface area (Å²) in [5, 5.41) is 0. The quantitative estimate of drug-likeness (QED) is 0.0283. The average Bonchev–Trinajstić information content (AvgIpc) is 3.09. The number of nitrogens with two attached hydrogens (primary N) is 1. The maximum absolute atomic E-state index is 12.5. The second-order valence-corrected chi connectivity index (χ2v) is 14.2. The first-order chi connectivity index (χ1) is 23.9. The van der Waals surface area contributed by atoms with Gasteiger partial charge in [-0.3, -0.25) is 13.8 Å². The number of carbonyl (C=O) groups is 1. The van der Waals surface area contributed by atoms with Crippen LogP contribution in [0.3, 0.4) is 0 Å². The van der Waals surface area contributed by atoms with Gasteiger partial charge in [0, 0.05) is 19.6 Å². The maximum Gasteiger partial charge on any atom is 0.472 e. The number of carbonyl (C=O) groups excluding carboxylic acids is 1. The van der Waals surface area contributed by atoms with E-state index in [2.05, 4.69) is 62.5 Å². The normalized spacial score (nSPS) is 14.1. The number of ether oxygens (including phenoxy) is 2. The molecule has 3 N–H and O–H groups in total. The summed E-state index contributed by atoms with van der Waals surface area (Å²) in [5.74, 6) is -0.348. The highest BCUT2D eigenvalue weighted by molar-refractivity contribution is 7.47. The Kier molecular flexibility index (Phi) is 36.5. The van der Waals surface area contributed by atoms with Crippen molar-refractivity contribution in [2.45, 2.75) is 168 Å². The molecule has 0 fully saturated rings. The van der Waals surface area contributed by atoms with Gasteiger partial charge in [0.2, 0.25) is 0 Å². The third-order valence-corrected chi connectivity index (χ3v) is 8.93. The number of phosphoric acid groups is 1. The van der Waals surface area contributed by atoms with E-state index in [4.69, 9.17) is 24.3 Å². The zero-order valence-electron chi connectivity index (χ0n) is 31.4. The number of esters is 1. The Morgan fingerprint density at radius 2 is 1.12 bits per heavy atom. The minimum Gasteiger partial charge on any atom is -0.457 e. The molecule has 9 heteroatoms. The summed E-state index contributed by atoms with van der Waals surface area (Å²) in [6.45, 7) is 4.79. The van der Waals surface area contributed by atoms with E-state index in [1.54, 1.807) is 0 Å². The molecule has 0 aromatic carbocycles. The number of hydrogen-bond donors (Lipinski definition) is 2. The first-order valence-electron chi connectivity index (χ1n) is 19.6. The molecular formula is C40H74NO7P. The van der Waals surface area contributed by atoms with Gasteiger partial charge in [0.1, 0.15) is 6.10 Å². The highest BCUT2D eigenvalue weighted by Gasteiger charge is 2.25.